The van der Waals surface area contributed by atoms with Crippen molar-refractivity contribution in [1.29, 1.82) is 0 Å². The Morgan fingerprint density at radius 1 is 0.842 bits per heavy atom. The molecule has 0 unspecified atom stereocenters. The summed E-state index contributed by atoms with van der Waals surface area (Å²) in [7, 11) is 0. The van der Waals surface area contributed by atoms with Crippen molar-refractivity contribution >= 4 is 35.5 Å². The summed E-state index contributed by atoms with van der Waals surface area (Å²) in [6.45, 7) is 1.94. The zero-order valence-electron chi connectivity index (χ0n) is 20.6. The third-order valence-electron chi connectivity index (χ3n) is 5.76. The van der Waals surface area contributed by atoms with Crippen LogP contribution in [0.3, 0.4) is 0 Å². The van der Waals surface area contributed by atoms with Crippen LogP contribution in [0.2, 0.25) is 0 Å². The lowest BCUT2D eigenvalue weighted by Gasteiger charge is -2.15. The maximum atomic E-state index is 12.7. The van der Waals surface area contributed by atoms with E-state index in [2.05, 4.69) is 10.6 Å². The number of nitrogens with zero attached hydrogens (tertiary/aromatic N) is 1. The molecule has 3 aromatic carbocycles. The molecular formula is C28H25N3O7. The minimum atomic E-state index is -0.829. The van der Waals surface area contributed by atoms with Crippen molar-refractivity contribution in [2.24, 2.45) is 0 Å². The quantitative estimate of drug-likeness (QED) is 0.252. The van der Waals surface area contributed by atoms with Crippen LogP contribution in [0.4, 0.5) is 10.5 Å². The predicted octanol–water partition coefficient (Wildman–Crippen LogP) is 3.78. The molecule has 0 atom stereocenters. The van der Waals surface area contributed by atoms with Gasteiger partial charge in [0.1, 0.15) is 5.75 Å². The smallest absolute Gasteiger partial charge is 0.434 e. The highest BCUT2D eigenvalue weighted by Crippen LogP contribution is 2.22. The maximum absolute atomic E-state index is 12.7. The van der Waals surface area contributed by atoms with Crippen molar-refractivity contribution < 1.29 is 33.4 Å². The molecule has 0 aromatic heterocycles. The summed E-state index contributed by atoms with van der Waals surface area (Å²) >= 11 is 0. The van der Waals surface area contributed by atoms with Crippen LogP contribution in [-0.4, -0.2) is 47.8 Å². The molecule has 10 heteroatoms. The number of fused-ring (bicyclic) bond motifs is 1. The number of imide groups is 1. The van der Waals surface area contributed by atoms with E-state index >= 15 is 0 Å². The predicted molar refractivity (Wildman–Crippen MR) is 137 cm³/mol. The molecular weight excluding hydrogens is 490 g/mol. The van der Waals surface area contributed by atoms with Gasteiger partial charge in [-0.05, 0) is 55.0 Å². The van der Waals surface area contributed by atoms with Gasteiger partial charge in [-0.3, -0.25) is 24.1 Å². The number of anilines is 1. The molecule has 0 saturated heterocycles. The number of para-hydroxylation sites is 1. The Hall–Kier alpha value is -4.99. The van der Waals surface area contributed by atoms with Gasteiger partial charge in [-0.25, -0.2) is 4.79 Å². The third-order valence-corrected chi connectivity index (χ3v) is 5.76. The molecule has 10 nitrogen and oxygen atoms in total. The normalized spacial score (nSPS) is 12.1. The van der Waals surface area contributed by atoms with E-state index in [4.69, 9.17) is 9.47 Å². The fourth-order valence-corrected chi connectivity index (χ4v) is 3.85. The fourth-order valence-electron chi connectivity index (χ4n) is 3.85. The summed E-state index contributed by atoms with van der Waals surface area (Å²) < 4.78 is 9.71. The van der Waals surface area contributed by atoms with Gasteiger partial charge in [-0.2, -0.15) is 0 Å². The first-order valence-corrected chi connectivity index (χ1v) is 11.9. The summed E-state index contributed by atoms with van der Waals surface area (Å²) in [4.78, 5) is 62.6. The van der Waals surface area contributed by atoms with Crippen molar-refractivity contribution in [3.05, 3.63) is 95.1 Å². The van der Waals surface area contributed by atoms with Crippen LogP contribution >= 0.6 is 0 Å². The third kappa shape index (κ3) is 6.04. The summed E-state index contributed by atoms with van der Waals surface area (Å²) in [6, 6.07) is 19.5. The minimum absolute atomic E-state index is 0.0353. The zero-order chi connectivity index (χ0) is 27.1. The molecule has 0 saturated carbocycles. The van der Waals surface area contributed by atoms with Crippen LogP contribution < -0.4 is 15.4 Å². The van der Waals surface area contributed by atoms with E-state index < -0.39 is 23.9 Å². The van der Waals surface area contributed by atoms with Gasteiger partial charge in [0.2, 0.25) is 5.91 Å². The van der Waals surface area contributed by atoms with E-state index in [1.807, 2.05) is 0 Å². The number of rotatable bonds is 9. The molecule has 0 aliphatic carbocycles. The van der Waals surface area contributed by atoms with Crippen molar-refractivity contribution in [2.75, 3.05) is 18.5 Å². The Labute approximate surface area is 218 Å². The molecule has 4 amide bonds. The van der Waals surface area contributed by atoms with Crippen LogP contribution in [0.1, 0.15) is 50.0 Å². The molecule has 1 heterocycles. The van der Waals surface area contributed by atoms with E-state index in [0.29, 0.717) is 27.9 Å². The van der Waals surface area contributed by atoms with Gasteiger partial charge < -0.3 is 20.1 Å². The van der Waals surface area contributed by atoms with Gasteiger partial charge in [-0.15, -0.1) is 0 Å². The number of carbonyl (C=O) groups excluding carboxylic acids is 5. The maximum Gasteiger partial charge on any atom is 0.513 e. The molecule has 194 valence electrons. The molecule has 4 rings (SSSR count). The first-order chi connectivity index (χ1) is 18.4. The number of ether oxygens (including phenoxy) is 2. The van der Waals surface area contributed by atoms with Gasteiger partial charge >= 0.3 is 6.16 Å². The topological polar surface area (TPSA) is 131 Å². The first kappa shape index (κ1) is 26.1. The Balaban J connectivity index is 1.30. The van der Waals surface area contributed by atoms with Crippen molar-refractivity contribution in [3.63, 3.8) is 0 Å². The van der Waals surface area contributed by atoms with Crippen molar-refractivity contribution in [2.45, 2.75) is 19.9 Å². The summed E-state index contributed by atoms with van der Waals surface area (Å²) in [6.07, 6.45) is -0.885. The average Bonchev–Trinajstić information content (AvgIpc) is 3.16. The highest BCUT2D eigenvalue weighted by molar-refractivity contribution is 6.21. The van der Waals surface area contributed by atoms with E-state index in [9.17, 15) is 24.0 Å². The number of nitrogens with one attached hydrogen (secondary N) is 2. The highest BCUT2D eigenvalue weighted by Gasteiger charge is 2.34. The average molecular weight is 516 g/mol. The molecule has 0 bridgehead atoms. The van der Waals surface area contributed by atoms with Crippen LogP contribution in [0.15, 0.2) is 72.8 Å². The standard InChI is InChI=1S/C28H25N3O7/c1-2-37-28(36)38-20-13-11-18(12-14-20)25(33)30-23-10-6-3-7-19(23)17-29-24(32)15-16-31-26(34)21-8-4-5-9-22(21)27(31)35/h3-14H,2,15-17H2,1H3,(H,29,32)(H,30,33). The second-order valence-corrected chi connectivity index (χ2v) is 8.25. The second-order valence-electron chi connectivity index (χ2n) is 8.25. The molecule has 0 spiro atoms. The summed E-state index contributed by atoms with van der Waals surface area (Å²) in [5, 5.41) is 5.57. The lowest BCUT2D eigenvalue weighted by molar-refractivity contribution is -0.121. The van der Waals surface area contributed by atoms with Gasteiger partial charge in [0, 0.05) is 30.8 Å². The van der Waals surface area contributed by atoms with E-state index in [1.54, 1.807) is 55.5 Å². The molecule has 3 aromatic rings. The summed E-state index contributed by atoms with van der Waals surface area (Å²) in [5.74, 6) is -1.32. The van der Waals surface area contributed by atoms with E-state index in [1.165, 1.54) is 24.3 Å². The van der Waals surface area contributed by atoms with Crippen molar-refractivity contribution in [3.8, 4) is 5.75 Å². The Morgan fingerprint density at radius 2 is 1.47 bits per heavy atom. The van der Waals surface area contributed by atoms with Crippen LogP contribution in [0.25, 0.3) is 0 Å². The van der Waals surface area contributed by atoms with Gasteiger partial charge in [-0.1, -0.05) is 30.3 Å². The second kappa shape index (κ2) is 11.8. The molecule has 1 aliphatic rings. The molecule has 0 radical (unpaired) electrons. The number of hydrogen-bond donors (Lipinski definition) is 2. The Kier molecular flexibility index (Phi) is 8.12. The van der Waals surface area contributed by atoms with Gasteiger partial charge in [0.05, 0.1) is 17.7 Å². The Morgan fingerprint density at radius 3 is 2.13 bits per heavy atom. The molecule has 1 aliphatic heterocycles. The Bertz CT molecular complexity index is 1350. The van der Waals surface area contributed by atoms with Gasteiger partial charge in [0.25, 0.3) is 17.7 Å². The van der Waals surface area contributed by atoms with Crippen LogP contribution in [0, 0.1) is 0 Å². The SMILES string of the molecule is CCOC(=O)Oc1ccc(C(=O)Nc2ccccc2CNC(=O)CCN2C(=O)c3ccccc3C2=O)cc1. The van der Waals surface area contributed by atoms with E-state index in [0.717, 1.165) is 4.90 Å². The van der Waals surface area contributed by atoms with Gasteiger partial charge in [0.15, 0.2) is 0 Å². The van der Waals surface area contributed by atoms with Crippen LogP contribution in [0.5, 0.6) is 5.75 Å². The molecule has 2 N–H and O–H groups in total. The van der Waals surface area contributed by atoms with Crippen LogP contribution in [-0.2, 0) is 16.1 Å². The lowest BCUT2D eigenvalue weighted by Crippen LogP contribution is -2.34. The zero-order valence-corrected chi connectivity index (χ0v) is 20.6. The number of carbonyl (C=O) groups is 5. The molecule has 38 heavy (non-hydrogen) atoms. The van der Waals surface area contributed by atoms with Crippen molar-refractivity contribution in [1.82, 2.24) is 10.2 Å². The minimum Gasteiger partial charge on any atom is -0.434 e. The largest absolute Gasteiger partial charge is 0.513 e. The number of benzene rings is 3. The highest BCUT2D eigenvalue weighted by atomic mass is 16.7. The summed E-state index contributed by atoms with van der Waals surface area (Å²) in [5.41, 5.74) is 2.18. The monoisotopic (exact) mass is 515 g/mol. The van der Waals surface area contributed by atoms with E-state index in [-0.39, 0.29) is 37.8 Å². The fraction of sp³-hybridized carbons (Fsp3) is 0.179. The molecule has 0 fully saturated rings. The number of amides is 4. The first-order valence-electron chi connectivity index (χ1n) is 11.9. The number of hydrogen-bond acceptors (Lipinski definition) is 7. The lowest BCUT2D eigenvalue weighted by atomic mass is 10.1.